The second kappa shape index (κ2) is 9.00. The summed E-state index contributed by atoms with van der Waals surface area (Å²) in [5.74, 6) is 1.59. The summed E-state index contributed by atoms with van der Waals surface area (Å²) >= 11 is 0. The Bertz CT molecular complexity index is 1600. The van der Waals surface area contributed by atoms with E-state index in [-0.39, 0.29) is 12.4 Å². The number of aromatic nitrogens is 6. The van der Waals surface area contributed by atoms with E-state index in [2.05, 4.69) is 25.5 Å². The molecule has 0 bridgehead atoms. The van der Waals surface area contributed by atoms with Gasteiger partial charge in [0.15, 0.2) is 5.82 Å². The van der Waals surface area contributed by atoms with Gasteiger partial charge in [-0.15, -0.1) is 0 Å². The van der Waals surface area contributed by atoms with Gasteiger partial charge in [0.25, 0.3) is 0 Å². The number of hydrogen-bond acceptors (Lipinski definition) is 10. The van der Waals surface area contributed by atoms with E-state index in [0.717, 1.165) is 16.7 Å². The van der Waals surface area contributed by atoms with Crippen LogP contribution in [-0.2, 0) is 11.8 Å². The maximum atomic E-state index is 10.9. The van der Waals surface area contributed by atoms with Crippen LogP contribution in [-0.4, -0.2) is 71.5 Å². The molecule has 6 rings (SSSR count). The maximum Gasteiger partial charge on any atom is 0.152 e. The van der Waals surface area contributed by atoms with Crippen LogP contribution in [0.4, 0.5) is 11.6 Å². The average molecular weight is 503 g/mol. The van der Waals surface area contributed by atoms with Crippen LogP contribution in [0.1, 0.15) is 11.8 Å². The van der Waals surface area contributed by atoms with E-state index in [0.29, 0.717) is 28.2 Å². The Hall–Kier alpha value is -4.26. The number of rotatable bonds is 6. The number of benzene rings is 1. The minimum atomic E-state index is -1.21. The van der Waals surface area contributed by atoms with E-state index in [1.54, 1.807) is 15.3 Å². The lowest BCUT2D eigenvalue weighted by Crippen LogP contribution is -2.34. The van der Waals surface area contributed by atoms with Gasteiger partial charge in [-0.05, 0) is 36.4 Å². The van der Waals surface area contributed by atoms with E-state index in [4.69, 9.17) is 15.2 Å². The smallest absolute Gasteiger partial charge is 0.152 e. The molecule has 1 aromatic carbocycles. The Kier molecular flexibility index (Phi) is 5.63. The van der Waals surface area contributed by atoms with Gasteiger partial charge in [-0.2, -0.15) is 10.2 Å². The SMILES string of the molecule is CNc1ccc2ccc(OC[C@H]3O[C@@H](c4cc(-c5ccn(C)n5)c5c(N)ncnn45)[C@H](O)[C@@H]3O)cc2n1. The van der Waals surface area contributed by atoms with Crippen LogP contribution in [0.3, 0.4) is 0 Å². The van der Waals surface area contributed by atoms with E-state index in [1.165, 1.54) is 6.33 Å². The van der Waals surface area contributed by atoms with Gasteiger partial charge >= 0.3 is 0 Å². The molecule has 0 amide bonds. The molecule has 0 unspecified atom stereocenters. The molecule has 1 aliphatic rings. The second-order valence-corrected chi connectivity index (χ2v) is 8.95. The standard InChI is InChI=1S/C25H26N8O4/c1-27-20-6-4-13-3-5-14(9-17(13)30-20)36-11-19-22(34)23(35)24(37-19)18-10-15(16-7-8-32(2)31-16)21-25(26)28-12-29-33(18)21/h3-10,12,19,22-24,34-35H,11H2,1-2H3,(H,27,30)(H2,26,28,29)/t19-,22-,23-,24+/m1/s1. The lowest BCUT2D eigenvalue weighted by Gasteiger charge is -2.16. The number of nitrogen functional groups attached to an aromatic ring is 1. The van der Waals surface area contributed by atoms with Gasteiger partial charge < -0.3 is 30.7 Å². The molecule has 4 aromatic heterocycles. The minimum absolute atomic E-state index is 0.0273. The fourth-order valence-corrected chi connectivity index (χ4v) is 4.68. The molecular weight excluding hydrogens is 476 g/mol. The minimum Gasteiger partial charge on any atom is -0.491 e. The van der Waals surface area contributed by atoms with Crippen LogP contribution in [0.5, 0.6) is 5.75 Å². The van der Waals surface area contributed by atoms with E-state index in [1.807, 2.05) is 56.7 Å². The monoisotopic (exact) mass is 502 g/mol. The number of ether oxygens (including phenoxy) is 2. The largest absolute Gasteiger partial charge is 0.491 e. The summed E-state index contributed by atoms with van der Waals surface area (Å²) in [4.78, 5) is 8.65. The van der Waals surface area contributed by atoms with Gasteiger partial charge in [-0.1, -0.05) is 0 Å². The average Bonchev–Trinajstić information content (AvgIpc) is 3.59. The highest BCUT2D eigenvalue weighted by Crippen LogP contribution is 2.38. The molecule has 37 heavy (non-hydrogen) atoms. The molecule has 5 N–H and O–H groups in total. The molecule has 1 aliphatic heterocycles. The van der Waals surface area contributed by atoms with Crippen molar-refractivity contribution in [3.8, 4) is 17.0 Å². The van der Waals surface area contributed by atoms with E-state index in [9.17, 15) is 10.2 Å². The Labute approximate surface area is 211 Å². The zero-order valence-corrected chi connectivity index (χ0v) is 20.2. The number of nitrogens with two attached hydrogens (primary N) is 1. The van der Waals surface area contributed by atoms with Gasteiger partial charge in [0.1, 0.15) is 54.4 Å². The van der Waals surface area contributed by atoms with Crippen molar-refractivity contribution in [2.45, 2.75) is 24.4 Å². The quantitative estimate of drug-likeness (QED) is 0.268. The molecule has 5 aromatic rings. The first-order chi connectivity index (χ1) is 17.9. The van der Waals surface area contributed by atoms with Crippen LogP contribution >= 0.6 is 0 Å². The Morgan fingerprint density at radius 1 is 1.14 bits per heavy atom. The Morgan fingerprint density at radius 2 is 1.97 bits per heavy atom. The van der Waals surface area contributed by atoms with Crippen molar-refractivity contribution >= 4 is 28.1 Å². The van der Waals surface area contributed by atoms with Gasteiger partial charge in [0, 0.05) is 37.3 Å². The molecule has 0 saturated carbocycles. The topological polar surface area (TPSA) is 158 Å². The summed E-state index contributed by atoms with van der Waals surface area (Å²) in [6.45, 7) is 0.0273. The fourth-order valence-electron chi connectivity index (χ4n) is 4.68. The van der Waals surface area contributed by atoms with Gasteiger partial charge in [-0.3, -0.25) is 4.68 Å². The summed E-state index contributed by atoms with van der Waals surface area (Å²) in [6, 6.07) is 13.1. The lowest BCUT2D eigenvalue weighted by atomic mass is 10.1. The highest BCUT2D eigenvalue weighted by molar-refractivity contribution is 5.87. The zero-order valence-electron chi connectivity index (χ0n) is 20.2. The Morgan fingerprint density at radius 3 is 2.76 bits per heavy atom. The summed E-state index contributed by atoms with van der Waals surface area (Å²) in [5.41, 5.74) is 9.40. The molecule has 190 valence electrons. The van der Waals surface area contributed by atoms with Crippen LogP contribution < -0.4 is 15.8 Å². The number of aryl methyl sites for hydroxylation is 1. The first-order valence-electron chi connectivity index (χ1n) is 11.8. The third-order valence-corrected chi connectivity index (χ3v) is 6.59. The summed E-state index contributed by atoms with van der Waals surface area (Å²) in [7, 11) is 3.63. The van der Waals surface area contributed by atoms with Crippen molar-refractivity contribution in [1.29, 1.82) is 0 Å². The summed E-state index contributed by atoms with van der Waals surface area (Å²) < 4.78 is 15.3. The van der Waals surface area contributed by atoms with E-state index >= 15 is 0 Å². The summed E-state index contributed by atoms with van der Waals surface area (Å²) in [5, 5.41) is 34.5. The van der Waals surface area contributed by atoms with Crippen LogP contribution in [0.15, 0.2) is 55.0 Å². The van der Waals surface area contributed by atoms with Crippen molar-refractivity contribution < 1.29 is 19.7 Å². The molecule has 5 heterocycles. The van der Waals surface area contributed by atoms with Crippen molar-refractivity contribution in [3.63, 3.8) is 0 Å². The number of nitrogens with zero attached hydrogens (tertiary/aromatic N) is 6. The molecule has 0 aliphatic carbocycles. The highest BCUT2D eigenvalue weighted by atomic mass is 16.6. The molecule has 1 fully saturated rings. The van der Waals surface area contributed by atoms with Gasteiger partial charge in [0.05, 0.1) is 16.9 Å². The number of aliphatic hydroxyl groups is 2. The second-order valence-electron chi connectivity index (χ2n) is 8.95. The maximum absolute atomic E-state index is 10.9. The zero-order chi connectivity index (χ0) is 25.7. The molecular formula is C25H26N8O4. The number of hydrogen-bond donors (Lipinski definition) is 4. The third-order valence-electron chi connectivity index (χ3n) is 6.59. The van der Waals surface area contributed by atoms with Crippen LogP contribution in [0, 0.1) is 0 Å². The normalized spacial score (nSPS) is 21.6. The molecule has 4 atom stereocenters. The lowest BCUT2D eigenvalue weighted by molar-refractivity contribution is -0.0187. The first kappa shape index (κ1) is 23.2. The van der Waals surface area contributed by atoms with Crippen LogP contribution in [0.25, 0.3) is 27.7 Å². The molecule has 12 heteroatoms. The Balaban J connectivity index is 1.27. The molecule has 1 saturated heterocycles. The highest BCUT2D eigenvalue weighted by Gasteiger charge is 2.45. The van der Waals surface area contributed by atoms with Crippen molar-refractivity contribution in [2.75, 3.05) is 24.7 Å². The molecule has 0 radical (unpaired) electrons. The predicted octanol–water partition coefficient (Wildman–Crippen LogP) is 1.54. The third kappa shape index (κ3) is 4.00. The van der Waals surface area contributed by atoms with Crippen molar-refractivity contribution in [3.05, 3.63) is 60.7 Å². The molecule has 12 nitrogen and oxygen atoms in total. The predicted molar refractivity (Wildman–Crippen MR) is 136 cm³/mol. The number of pyridine rings is 1. The van der Waals surface area contributed by atoms with E-state index < -0.39 is 24.4 Å². The molecule has 0 spiro atoms. The number of anilines is 2. The first-order valence-corrected chi connectivity index (χ1v) is 11.8. The summed E-state index contributed by atoms with van der Waals surface area (Å²) in [6.07, 6.45) is -0.897. The fraction of sp³-hybridized carbons (Fsp3) is 0.280. The number of aliphatic hydroxyl groups excluding tert-OH is 2. The van der Waals surface area contributed by atoms with Crippen molar-refractivity contribution in [2.24, 2.45) is 7.05 Å². The van der Waals surface area contributed by atoms with Crippen LogP contribution in [0.2, 0.25) is 0 Å². The van der Waals surface area contributed by atoms with Gasteiger partial charge in [0.2, 0.25) is 0 Å². The van der Waals surface area contributed by atoms with Gasteiger partial charge in [-0.25, -0.2) is 14.5 Å². The van der Waals surface area contributed by atoms with Crippen molar-refractivity contribution in [1.82, 2.24) is 29.4 Å². The number of nitrogens with one attached hydrogen (secondary N) is 1. The number of fused-ring (bicyclic) bond motifs is 2.